The molecule has 1 amide bonds. The molecule has 2 aliphatic rings. The maximum atomic E-state index is 12.0. The standard InChI is InChI=1S/C18H34N2O/c1-15(17-10-6-11-19-14-17)13-18(21)20-12-5-9-16-7-3-2-4-8-16/h15-17,19H,2-14H2,1H3,(H,20,21). The van der Waals surface area contributed by atoms with Crippen molar-refractivity contribution in [2.45, 2.75) is 71.1 Å². The normalized spacial score (nSPS) is 25.5. The molecular formula is C18H34N2O. The summed E-state index contributed by atoms with van der Waals surface area (Å²) in [7, 11) is 0. The number of nitrogens with one attached hydrogen (secondary N) is 2. The third-order valence-corrected chi connectivity index (χ3v) is 5.48. The van der Waals surface area contributed by atoms with Crippen molar-refractivity contribution in [3.63, 3.8) is 0 Å². The summed E-state index contributed by atoms with van der Waals surface area (Å²) in [5.74, 6) is 2.39. The Kier molecular flexibility index (Phi) is 7.56. The summed E-state index contributed by atoms with van der Waals surface area (Å²) in [6.45, 7) is 5.36. The van der Waals surface area contributed by atoms with Crippen molar-refractivity contribution in [3.05, 3.63) is 0 Å². The van der Waals surface area contributed by atoms with E-state index in [-0.39, 0.29) is 5.91 Å². The van der Waals surface area contributed by atoms with E-state index in [4.69, 9.17) is 0 Å². The summed E-state index contributed by atoms with van der Waals surface area (Å²) >= 11 is 0. The summed E-state index contributed by atoms with van der Waals surface area (Å²) in [5, 5.41) is 6.58. The Bertz CT molecular complexity index is 294. The summed E-state index contributed by atoms with van der Waals surface area (Å²) in [6.07, 6.45) is 12.8. The summed E-state index contributed by atoms with van der Waals surface area (Å²) in [4.78, 5) is 12.0. The molecule has 3 heteroatoms. The summed E-state index contributed by atoms with van der Waals surface area (Å²) < 4.78 is 0. The van der Waals surface area contributed by atoms with Gasteiger partial charge in [-0.25, -0.2) is 0 Å². The second-order valence-electron chi connectivity index (χ2n) is 7.28. The van der Waals surface area contributed by atoms with Crippen molar-refractivity contribution in [2.24, 2.45) is 17.8 Å². The van der Waals surface area contributed by atoms with Gasteiger partial charge in [-0.15, -0.1) is 0 Å². The molecule has 3 nitrogen and oxygen atoms in total. The number of amides is 1. The van der Waals surface area contributed by atoms with Crippen molar-refractivity contribution in [2.75, 3.05) is 19.6 Å². The minimum Gasteiger partial charge on any atom is -0.356 e. The minimum absolute atomic E-state index is 0.261. The summed E-state index contributed by atoms with van der Waals surface area (Å²) in [6, 6.07) is 0. The van der Waals surface area contributed by atoms with Crippen LogP contribution in [0.2, 0.25) is 0 Å². The number of carbonyl (C=O) groups is 1. The first-order valence-electron chi connectivity index (χ1n) is 9.23. The Morgan fingerprint density at radius 2 is 2.00 bits per heavy atom. The van der Waals surface area contributed by atoms with Gasteiger partial charge in [0.25, 0.3) is 0 Å². The number of hydrogen-bond donors (Lipinski definition) is 2. The van der Waals surface area contributed by atoms with E-state index in [0.29, 0.717) is 18.3 Å². The first-order valence-corrected chi connectivity index (χ1v) is 9.23. The van der Waals surface area contributed by atoms with E-state index < -0.39 is 0 Å². The average Bonchev–Trinajstić information content (AvgIpc) is 2.53. The molecule has 2 unspecified atom stereocenters. The fourth-order valence-electron chi connectivity index (χ4n) is 3.99. The van der Waals surface area contributed by atoms with Crippen molar-refractivity contribution < 1.29 is 4.79 Å². The number of rotatable bonds is 7. The Hall–Kier alpha value is -0.570. The Morgan fingerprint density at radius 1 is 1.19 bits per heavy atom. The van der Waals surface area contributed by atoms with Crippen LogP contribution in [0.15, 0.2) is 0 Å². The molecule has 1 saturated heterocycles. The van der Waals surface area contributed by atoms with Crippen LogP contribution in [0.3, 0.4) is 0 Å². The minimum atomic E-state index is 0.261. The molecule has 0 bridgehead atoms. The summed E-state index contributed by atoms with van der Waals surface area (Å²) in [5.41, 5.74) is 0. The fourth-order valence-corrected chi connectivity index (χ4v) is 3.99. The molecule has 1 aliphatic carbocycles. The molecule has 2 atom stereocenters. The molecule has 0 aromatic rings. The molecule has 2 N–H and O–H groups in total. The molecule has 0 aromatic carbocycles. The van der Waals surface area contributed by atoms with Crippen molar-refractivity contribution in [1.82, 2.24) is 10.6 Å². The van der Waals surface area contributed by atoms with Crippen LogP contribution >= 0.6 is 0 Å². The molecule has 122 valence electrons. The zero-order valence-corrected chi connectivity index (χ0v) is 13.8. The maximum absolute atomic E-state index is 12.0. The van der Waals surface area contributed by atoms with Gasteiger partial charge in [-0.3, -0.25) is 4.79 Å². The third kappa shape index (κ3) is 6.37. The van der Waals surface area contributed by atoms with Gasteiger partial charge in [0.15, 0.2) is 0 Å². The van der Waals surface area contributed by atoms with Crippen molar-refractivity contribution in [1.29, 1.82) is 0 Å². The molecule has 0 aromatic heterocycles. The zero-order chi connectivity index (χ0) is 14.9. The van der Waals surface area contributed by atoms with E-state index in [1.807, 2.05) is 0 Å². The average molecular weight is 294 g/mol. The van der Waals surface area contributed by atoms with Crippen LogP contribution in [0.4, 0.5) is 0 Å². The van der Waals surface area contributed by atoms with Gasteiger partial charge in [0, 0.05) is 13.0 Å². The molecule has 1 aliphatic heterocycles. The molecule has 1 saturated carbocycles. The molecule has 0 radical (unpaired) electrons. The van der Waals surface area contributed by atoms with Gasteiger partial charge < -0.3 is 10.6 Å². The molecule has 21 heavy (non-hydrogen) atoms. The van der Waals surface area contributed by atoms with Gasteiger partial charge in [-0.05, 0) is 56.5 Å². The maximum Gasteiger partial charge on any atom is 0.220 e. The van der Waals surface area contributed by atoms with Gasteiger partial charge in [0.2, 0.25) is 5.91 Å². The van der Waals surface area contributed by atoms with Gasteiger partial charge >= 0.3 is 0 Å². The first kappa shape index (κ1) is 16.8. The molecule has 2 rings (SSSR count). The van der Waals surface area contributed by atoms with E-state index in [1.54, 1.807) is 0 Å². The molecule has 2 fully saturated rings. The Morgan fingerprint density at radius 3 is 2.71 bits per heavy atom. The van der Waals surface area contributed by atoms with E-state index in [9.17, 15) is 4.79 Å². The lowest BCUT2D eigenvalue weighted by atomic mass is 9.85. The third-order valence-electron chi connectivity index (χ3n) is 5.48. The van der Waals surface area contributed by atoms with Crippen molar-refractivity contribution >= 4 is 5.91 Å². The van der Waals surface area contributed by atoms with Crippen molar-refractivity contribution in [3.8, 4) is 0 Å². The second-order valence-corrected chi connectivity index (χ2v) is 7.28. The van der Waals surface area contributed by atoms with Gasteiger partial charge in [-0.2, -0.15) is 0 Å². The molecule has 0 spiro atoms. The lowest BCUT2D eigenvalue weighted by Gasteiger charge is -2.28. The lowest BCUT2D eigenvalue weighted by Crippen LogP contribution is -2.35. The smallest absolute Gasteiger partial charge is 0.220 e. The van der Waals surface area contributed by atoms with Crippen LogP contribution in [0, 0.1) is 17.8 Å². The molecular weight excluding hydrogens is 260 g/mol. The quantitative estimate of drug-likeness (QED) is 0.706. The highest BCUT2D eigenvalue weighted by Crippen LogP contribution is 2.27. The van der Waals surface area contributed by atoms with Gasteiger partial charge in [0.1, 0.15) is 0 Å². The van der Waals surface area contributed by atoms with E-state index in [1.165, 1.54) is 51.4 Å². The van der Waals surface area contributed by atoms with Gasteiger partial charge in [0.05, 0.1) is 0 Å². The Balaban J connectivity index is 1.52. The van der Waals surface area contributed by atoms with Crippen LogP contribution in [-0.4, -0.2) is 25.5 Å². The molecule has 1 heterocycles. The predicted molar refractivity (Wildman–Crippen MR) is 88.2 cm³/mol. The van der Waals surface area contributed by atoms with Crippen LogP contribution in [0.25, 0.3) is 0 Å². The number of carbonyl (C=O) groups excluding carboxylic acids is 1. The largest absolute Gasteiger partial charge is 0.356 e. The van der Waals surface area contributed by atoms with Crippen LogP contribution in [0.5, 0.6) is 0 Å². The Labute approximate surface area is 130 Å². The second kappa shape index (κ2) is 9.45. The predicted octanol–water partition coefficient (Wildman–Crippen LogP) is 3.49. The highest BCUT2D eigenvalue weighted by molar-refractivity contribution is 5.76. The lowest BCUT2D eigenvalue weighted by molar-refractivity contribution is -0.122. The highest BCUT2D eigenvalue weighted by Gasteiger charge is 2.21. The monoisotopic (exact) mass is 294 g/mol. The number of hydrogen-bond acceptors (Lipinski definition) is 2. The van der Waals surface area contributed by atoms with Crippen LogP contribution in [-0.2, 0) is 4.79 Å². The SMILES string of the molecule is CC(CC(=O)NCCCC1CCCCC1)C1CCCNC1. The zero-order valence-electron chi connectivity index (χ0n) is 13.8. The van der Waals surface area contributed by atoms with E-state index in [2.05, 4.69) is 17.6 Å². The van der Waals surface area contributed by atoms with E-state index >= 15 is 0 Å². The highest BCUT2D eigenvalue weighted by atomic mass is 16.1. The first-order chi connectivity index (χ1) is 10.3. The van der Waals surface area contributed by atoms with E-state index in [0.717, 1.165) is 32.0 Å². The topological polar surface area (TPSA) is 41.1 Å². The van der Waals surface area contributed by atoms with Crippen LogP contribution in [0.1, 0.15) is 71.1 Å². The van der Waals surface area contributed by atoms with Crippen LogP contribution < -0.4 is 10.6 Å². The van der Waals surface area contributed by atoms with Gasteiger partial charge in [-0.1, -0.05) is 39.0 Å². The fraction of sp³-hybridized carbons (Fsp3) is 0.944. The number of piperidine rings is 1.